The second kappa shape index (κ2) is 8.05. The van der Waals surface area contributed by atoms with Crippen molar-refractivity contribution in [2.24, 2.45) is 0 Å². The van der Waals surface area contributed by atoms with E-state index in [0.29, 0.717) is 17.9 Å². The largest absolute Gasteiger partial charge is 0.508 e. The van der Waals surface area contributed by atoms with Gasteiger partial charge >= 0.3 is 0 Å². The van der Waals surface area contributed by atoms with Crippen molar-refractivity contribution in [3.8, 4) is 5.75 Å². The zero-order chi connectivity index (χ0) is 19.5. The number of piperidine rings is 2. The summed E-state index contributed by atoms with van der Waals surface area (Å²) in [7, 11) is 0. The van der Waals surface area contributed by atoms with Crippen LogP contribution >= 0.6 is 0 Å². The quantitative estimate of drug-likeness (QED) is 0.880. The van der Waals surface area contributed by atoms with Gasteiger partial charge in [-0.05, 0) is 73.6 Å². The van der Waals surface area contributed by atoms with Crippen LogP contribution in [-0.4, -0.2) is 41.5 Å². The van der Waals surface area contributed by atoms with Crippen molar-refractivity contribution >= 4 is 17.5 Å². The van der Waals surface area contributed by atoms with Crippen molar-refractivity contribution in [2.45, 2.75) is 38.0 Å². The van der Waals surface area contributed by atoms with Crippen LogP contribution < -0.4 is 4.90 Å². The molecule has 0 aromatic heterocycles. The molecule has 2 aliphatic heterocycles. The Hall–Kier alpha value is -2.82. The molecule has 0 bridgehead atoms. The number of carbonyl (C=O) groups is 2. The van der Waals surface area contributed by atoms with Crippen LogP contribution in [0.25, 0.3) is 0 Å². The third kappa shape index (κ3) is 3.88. The Morgan fingerprint density at radius 3 is 2.21 bits per heavy atom. The number of aromatic hydroxyl groups is 1. The van der Waals surface area contributed by atoms with Gasteiger partial charge in [-0.3, -0.25) is 9.59 Å². The number of hydrogen-bond acceptors (Lipinski definition) is 3. The molecular weight excluding hydrogens is 352 g/mol. The summed E-state index contributed by atoms with van der Waals surface area (Å²) in [5.74, 6) is 0.936. The molecule has 146 valence electrons. The molecule has 0 saturated carbocycles. The number of rotatable bonds is 3. The maximum atomic E-state index is 12.9. The fourth-order valence-corrected chi connectivity index (χ4v) is 4.21. The van der Waals surface area contributed by atoms with E-state index in [0.717, 1.165) is 51.0 Å². The lowest BCUT2D eigenvalue weighted by molar-refractivity contribution is -0.119. The van der Waals surface area contributed by atoms with Crippen molar-refractivity contribution in [3.05, 3.63) is 59.7 Å². The number of phenols is 1. The van der Waals surface area contributed by atoms with Crippen molar-refractivity contribution in [1.29, 1.82) is 0 Å². The Kier molecular flexibility index (Phi) is 5.33. The van der Waals surface area contributed by atoms with Gasteiger partial charge in [-0.2, -0.15) is 0 Å². The molecule has 2 aliphatic rings. The Bertz CT molecular complexity index is 837. The van der Waals surface area contributed by atoms with Crippen LogP contribution in [0.1, 0.15) is 53.9 Å². The molecule has 0 radical (unpaired) electrons. The van der Waals surface area contributed by atoms with Gasteiger partial charge in [0.15, 0.2) is 0 Å². The van der Waals surface area contributed by atoms with Crippen LogP contribution in [0.2, 0.25) is 0 Å². The van der Waals surface area contributed by atoms with Gasteiger partial charge in [0.05, 0.1) is 0 Å². The Labute approximate surface area is 165 Å². The first-order valence-electron chi connectivity index (χ1n) is 10.1. The number of anilines is 1. The van der Waals surface area contributed by atoms with E-state index in [-0.39, 0.29) is 17.6 Å². The minimum Gasteiger partial charge on any atom is -0.508 e. The Morgan fingerprint density at radius 1 is 0.893 bits per heavy atom. The van der Waals surface area contributed by atoms with Crippen LogP contribution in [-0.2, 0) is 4.79 Å². The summed E-state index contributed by atoms with van der Waals surface area (Å²) in [6.45, 7) is 2.23. The highest BCUT2D eigenvalue weighted by atomic mass is 16.3. The van der Waals surface area contributed by atoms with E-state index in [2.05, 4.69) is 0 Å². The predicted octanol–water partition coefficient (Wildman–Crippen LogP) is 3.93. The molecule has 5 nitrogen and oxygen atoms in total. The van der Waals surface area contributed by atoms with E-state index in [1.54, 1.807) is 12.1 Å². The second-order valence-electron chi connectivity index (χ2n) is 7.71. The molecule has 0 atom stereocenters. The molecule has 0 unspecified atom stereocenters. The van der Waals surface area contributed by atoms with Crippen molar-refractivity contribution in [3.63, 3.8) is 0 Å². The standard InChI is InChI=1S/C23H26N2O3/c26-21-10-6-17(7-11-21)18-12-15-24(16-13-18)23(28)19-4-8-20(9-5-19)25-14-2-1-3-22(25)27/h4-11,18,26H,1-3,12-16H2. The van der Waals surface area contributed by atoms with E-state index >= 15 is 0 Å². The molecule has 2 amide bonds. The minimum atomic E-state index is 0.0562. The molecule has 28 heavy (non-hydrogen) atoms. The molecule has 2 heterocycles. The summed E-state index contributed by atoms with van der Waals surface area (Å²) in [4.78, 5) is 28.7. The fraction of sp³-hybridized carbons (Fsp3) is 0.391. The maximum absolute atomic E-state index is 12.9. The van der Waals surface area contributed by atoms with Gasteiger partial charge in [-0.1, -0.05) is 12.1 Å². The molecule has 4 rings (SSSR count). The molecule has 2 fully saturated rings. The summed E-state index contributed by atoms with van der Waals surface area (Å²) in [6, 6.07) is 14.8. The molecule has 0 spiro atoms. The van der Waals surface area contributed by atoms with Crippen molar-refractivity contribution < 1.29 is 14.7 Å². The number of nitrogens with zero attached hydrogens (tertiary/aromatic N) is 2. The monoisotopic (exact) mass is 378 g/mol. The molecular formula is C23H26N2O3. The number of amides is 2. The first kappa shape index (κ1) is 18.5. The van der Waals surface area contributed by atoms with Crippen LogP contribution in [0, 0.1) is 0 Å². The smallest absolute Gasteiger partial charge is 0.253 e. The molecule has 0 aliphatic carbocycles. The summed E-state index contributed by atoms with van der Waals surface area (Å²) in [5, 5.41) is 9.44. The van der Waals surface area contributed by atoms with E-state index in [9.17, 15) is 14.7 Å². The third-order valence-electron chi connectivity index (χ3n) is 5.90. The summed E-state index contributed by atoms with van der Waals surface area (Å²) < 4.78 is 0. The van der Waals surface area contributed by atoms with Crippen molar-refractivity contribution in [1.82, 2.24) is 4.90 Å². The highest BCUT2D eigenvalue weighted by molar-refractivity contribution is 5.97. The summed E-state index contributed by atoms with van der Waals surface area (Å²) >= 11 is 0. The van der Waals surface area contributed by atoms with E-state index < -0.39 is 0 Å². The molecule has 1 N–H and O–H groups in total. The minimum absolute atomic E-state index is 0.0562. The van der Waals surface area contributed by atoms with Crippen LogP contribution in [0.3, 0.4) is 0 Å². The lowest BCUT2D eigenvalue weighted by Crippen LogP contribution is -2.38. The molecule has 2 saturated heterocycles. The van der Waals surface area contributed by atoms with Gasteiger partial charge in [0, 0.05) is 37.3 Å². The SMILES string of the molecule is O=C(c1ccc(N2CCCCC2=O)cc1)N1CCC(c2ccc(O)cc2)CC1. The zero-order valence-corrected chi connectivity index (χ0v) is 16.0. The number of likely N-dealkylation sites (tertiary alicyclic amines) is 1. The Balaban J connectivity index is 1.37. The van der Waals surface area contributed by atoms with Gasteiger partial charge in [0.25, 0.3) is 5.91 Å². The van der Waals surface area contributed by atoms with Crippen LogP contribution in [0.15, 0.2) is 48.5 Å². The lowest BCUT2D eigenvalue weighted by atomic mass is 9.89. The van der Waals surface area contributed by atoms with Gasteiger partial charge < -0.3 is 14.9 Å². The van der Waals surface area contributed by atoms with Gasteiger partial charge in [0.1, 0.15) is 5.75 Å². The second-order valence-corrected chi connectivity index (χ2v) is 7.71. The first-order chi connectivity index (χ1) is 13.6. The number of hydrogen-bond donors (Lipinski definition) is 1. The third-order valence-corrected chi connectivity index (χ3v) is 5.90. The van der Waals surface area contributed by atoms with Crippen molar-refractivity contribution in [2.75, 3.05) is 24.5 Å². The van der Waals surface area contributed by atoms with Crippen LogP contribution in [0.5, 0.6) is 5.75 Å². The fourth-order valence-electron chi connectivity index (χ4n) is 4.21. The van der Waals surface area contributed by atoms with Gasteiger partial charge in [0.2, 0.25) is 5.91 Å². The highest BCUT2D eigenvalue weighted by Crippen LogP contribution is 2.30. The molecule has 2 aromatic rings. The van der Waals surface area contributed by atoms with Gasteiger partial charge in [-0.15, -0.1) is 0 Å². The van der Waals surface area contributed by atoms with Gasteiger partial charge in [-0.25, -0.2) is 0 Å². The topological polar surface area (TPSA) is 60.9 Å². The van der Waals surface area contributed by atoms with E-state index in [1.807, 2.05) is 46.2 Å². The zero-order valence-electron chi connectivity index (χ0n) is 16.0. The summed E-state index contributed by atoms with van der Waals surface area (Å²) in [5.41, 5.74) is 2.78. The predicted molar refractivity (Wildman–Crippen MR) is 109 cm³/mol. The lowest BCUT2D eigenvalue weighted by Gasteiger charge is -2.32. The average molecular weight is 378 g/mol. The highest BCUT2D eigenvalue weighted by Gasteiger charge is 2.25. The maximum Gasteiger partial charge on any atom is 0.253 e. The molecule has 5 heteroatoms. The first-order valence-corrected chi connectivity index (χ1v) is 10.1. The van der Waals surface area contributed by atoms with E-state index in [4.69, 9.17) is 0 Å². The average Bonchev–Trinajstić information content (AvgIpc) is 2.74. The normalized spacial score (nSPS) is 18.4. The number of benzene rings is 2. The summed E-state index contributed by atoms with van der Waals surface area (Å²) in [6.07, 6.45) is 4.46. The molecule has 2 aromatic carbocycles. The van der Waals surface area contributed by atoms with E-state index in [1.165, 1.54) is 5.56 Å². The Morgan fingerprint density at radius 2 is 1.57 bits per heavy atom. The number of carbonyl (C=O) groups excluding carboxylic acids is 2. The number of phenolic OH excluding ortho intramolecular Hbond substituents is 1. The van der Waals surface area contributed by atoms with Crippen LogP contribution in [0.4, 0.5) is 5.69 Å².